The molecule has 0 unspecified atom stereocenters. The molecular weight excluding hydrogens is 384 g/mol. The number of hydrogen-bond acceptors (Lipinski definition) is 3. The summed E-state index contributed by atoms with van der Waals surface area (Å²) in [5.74, 6) is 0.341. The molecule has 0 fully saturated rings. The van der Waals surface area contributed by atoms with Gasteiger partial charge in [-0.25, -0.2) is 0 Å². The summed E-state index contributed by atoms with van der Waals surface area (Å²) in [5, 5.41) is 2.75. The lowest BCUT2D eigenvalue weighted by Crippen LogP contribution is -2.30. The molecule has 5 nitrogen and oxygen atoms in total. The highest BCUT2D eigenvalue weighted by Crippen LogP contribution is 2.18. The lowest BCUT2D eigenvalue weighted by atomic mass is 10.2. The second-order valence-corrected chi connectivity index (χ2v) is 6.26. The third kappa shape index (κ3) is 5.60. The van der Waals surface area contributed by atoms with Gasteiger partial charge in [-0.2, -0.15) is 0 Å². The summed E-state index contributed by atoms with van der Waals surface area (Å²) in [6.45, 7) is 5.14. The first-order valence-corrected chi connectivity index (χ1v) is 8.90. The van der Waals surface area contributed by atoms with E-state index in [0.29, 0.717) is 30.1 Å². The standard InChI is InChI=1S/C19H21BrN2O3/c1-3-22(4-2)19(24)14-8-10-16(11-9-14)21-18(23)13-25-17-7-5-6-15(20)12-17/h5-12H,3-4,13H2,1-2H3,(H,21,23). The summed E-state index contributed by atoms with van der Waals surface area (Å²) in [6, 6.07) is 14.2. The zero-order valence-corrected chi connectivity index (χ0v) is 15.9. The number of rotatable bonds is 7. The number of amides is 2. The summed E-state index contributed by atoms with van der Waals surface area (Å²) < 4.78 is 6.33. The van der Waals surface area contributed by atoms with Crippen molar-refractivity contribution in [3.05, 3.63) is 58.6 Å². The Balaban J connectivity index is 1.90. The van der Waals surface area contributed by atoms with Crippen molar-refractivity contribution in [3.63, 3.8) is 0 Å². The molecule has 1 N–H and O–H groups in total. The third-order valence-corrected chi connectivity index (χ3v) is 4.13. The molecule has 0 saturated carbocycles. The van der Waals surface area contributed by atoms with Gasteiger partial charge in [-0.05, 0) is 56.3 Å². The SMILES string of the molecule is CCN(CC)C(=O)c1ccc(NC(=O)COc2cccc(Br)c2)cc1. The molecule has 25 heavy (non-hydrogen) atoms. The van der Waals surface area contributed by atoms with Gasteiger partial charge in [0.25, 0.3) is 11.8 Å². The van der Waals surface area contributed by atoms with Crippen LogP contribution in [0.2, 0.25) is 0 Å². The minimum Gasteiger partial charge on any atom is -0.484 e. The summed E-state index contributed by atoms with van der Waals surface area (Å²) in [7, 11) is 0. The highest BCUT2D eigenvalue weighted by Gasteiger charge is 2.12. The van der Waals surface area contributed by atoms with E-state index in [2.05, 4.69) is 21.2 Å². The zero-order chi connectivity index (χ0) is 18.2. The Labute approximate surface area is 156 Å². The van der Waals surface area contributed by atoms with Gasteiger partial charge in [0, 0.05) is 28.8 Å². The van der Waals surface area contributed by atoms with Gasteiger partial charge in [0.2, 0.25) is 0 Å². The molecule has 0 bridgehead atoms. The number of benzene rings is 2. The first-order valence-electron chi connectivity index (χ1n) is 8.11. The van der Waals surface area contributed by atoms with Crippen molar-refractivity contribution in [2.24, 2.45) is 0 Å². The van der Waals surface area contributed by atoms with Crippen molar-refractivity contribution in [1.82, 2.24) is 4.90 Å². The second-order valence-electron chi connectivity index (χ2n) is 5.35. The second kappa shape index (κ2) is 9.22. The molecule has 0 aromatic heterocycles. The molecule has 0 aliphatic heterocycles. The summed E-state index contributed by atoms with van der Waals surface area (Å²) in [6.07, 6.45) is 0. The molecule has 0 atom stereocenters. The van der Waals surface area contributed by atoms with Crippen LogP contribution in [0.4, 0.5) is 5.69 Å². The van der Waals surface area contributed by atoms with Crippen molar-refractivity contribution in [2.75, 3.05) is 25.0 Å². The fourth-order valence-electron chi connectivity index (χ4n) is 2.29. The molecule has 0 radical (unpaired) electrons. The highest BCUT2D eigenvalue weighted by atomic mass is 79.9. The average Bonchev–Trinajstić information content (AvgIpc) is 2.61. The van der Waals surface area contributed by atoms with E-state index in [-0.39, 0.29) is 18.4 Å². The van der Waals surface area contributed by atoms with Gasteiger partial charge in [0.05, 0.1) is 0 Å². The quantitative estimate of drug-likeness (QED) is 0.759. The minimum absolute atomic E-state index is 0.0131. The van der Waals surface area contributed by atoms with Crippen LogP contribution < -0.4 is 10.1 Å². The van der Waals surface area contributed by atoms with Crippen LogP contribution in [0, 0.1) is 0 Å². The first-order chi connectivity index (χ1) is 12.0. The van der Waals surface area contributed by atoms with Gasteiger partial charge >= 0.3 is 0 Å². The maximum Gasteiger partial charge on any atom is 0.262 e. The van der Waals surface area contributed by atoms with Crippen LogP contribution in [-0.2, 0) is 4.79 Å². The maximum atomic E-state index is 12.2. The van der Waals surface area contributed by atoms with Crippen LogP contribution in [0.1, 0.15) is 24.2 Å². The predicted octanol–water partition coefficient (Wildman–Crippen LogP) is 3.95. The Morgan fingerprint density at radius 3 is 2.36 bits per heavy atom. The molecule has 0 aliphatic rings. The Morgan fingerprint density at radius 1 is 1.08 bits per heavy atom. The van der Waals surface area contributed by atoms with Crippen molar-refractivity contribution in [1.29, 1.82) is 0 Å². The van der Waals surface area contributed by atoms with E-state index in [1.807, 2.05) is 26.0 Å². The summed E-state index contributed by atoms with van der Waals surface area (Å²) in [4.78, 5) is 26.0. The van der Waals surface area contributed by atoms with Crippen LogP contribution in [0.5, 0.6) is 5.75 Å². The molecule has 0 heterocycles. The molecule has 2 aromatic carbocycles. The van der Waals surface area contributed by atoms with E-state index in [9.17, 15) is 9.59 Å². The number of nitrogens with one attached hydrogen (secondary N) is 1. The molecule has 0 saturated heterocycles. The number of ether oxygens (including phenoxy) is 1. The number of nitrogens with zero attached hydrogens (tertiary/aromatic N) is 1. The van der Waals surface area contributed by atoms with Crippen molar-refractivity contribution in [3.8, 4) is 5.75 Å². The smallest absolute Gasteiger partial charge is 0.262 e. The van der Waals surface area contributed by atoms with Gasteiger partial charge in [0.15, 0.2) is 6.61 Å². The number of halogens is 1. The summed E-state index contributed by atoms with van der Waals surface area (Å²) in [5.41, 5.74) is 1.23. The molecule has 0 spiro atoms. The Morgan fingerprint density at radius 2 is 1.76 bits per heavy atom. The zero-order valence-electron chi connectivity index (χ0n) is 14.3. The summed E-state index contributed by atoms with van der Waals surface area (Å²) >= 11 is 3.35. The van der Waals surface area contributed by atoms with E-state index in [1.165, 1.54) is 0 Å². The average molecular weight is 405 g/mol. The van der Waals surface area contributed by atoms with Crippen LogP contribution in [-0.4, -0.2) is 36.4 Å². The molecule has 2 rings (SSSR count). The molecule has 132 valence electrons. The molecular formula is C19H21BrN2O3. The van der Waals surface area contributed by atoms with E-state index < -0.39 is 0 Å². The lowest BCUT2D eigenvalue weighted by molar-refractivity contribution is -0.118. The van der Waals surface area contributed by atoms with E-state index >= 15 is 0 Å². The Kier molecular flexibility index (Phi) is 7.01. The van der Waals surface area contributed by atoms with E-state index in [4.69, 9.17) is 4.74 Å². The normalized spacial score (nSPS) is 10.2. The largest absolute Gasteiger partial charge is 0.484 e. The maximum absolute atomic E-state index is 12.2. The Hall–Kier alpha value is -2.34. The van der Waals surface area contributed by atoms with Crippen molar-refractivity contribution >= 4 is 33.4 Å². The molecule has 6 heteroatoms. The monoisotopic (exact) mass is 404 g/mol. The lowest BCUT2D eigenvalue weighted by Gasteiger charge is -2.18. The van der Waals surface area contributed by atoms with Crippen LogP contribution in [0.3, 0.4) is 0 Å². The van der Waals surface area contributed by atoms with Crippen LogP contribution in [0.15, 0.2) is 53.0 Å². The topological polar surface area (TPSA) is 58.6 Å². The molecule has 0 aliphatic carbocycles. The van der Waals surface area contributed by atoms with Gasteiger partial charge in [-0.3, -0.25) is 9.59 Å². The van der Waals surface area contributed by atoms with Crippen molar-refractivity contribution < 1.29 is 14.3 Å². The third-order valence-electron chi connectivity index (χ3n) is 3.63. The number of carbonyl (C=O) groups excluding carboxylic acids is 2. The number of carbonyl (C=O) groups is 2. The van der Waals surface area contributed by atoms with E-state index in [0.717, 1.165) is 4.47 Å². The molecule has 2 aromatic rings. The fourth-order valence-corrected chi connectivity index (χ4v) is 2.67. The van der Waals surface area contributed by atoms with Crippen molar-refractivity contribution in [2.45, 2.75) is 13.8 Å². The number of hydrogen-bond donors (Lipinski definition) is 1. The first kappa shape index (κ1) is 19.0. The van der Waals surface area contributed by atoms with Gasteiger partial charge in [0.1, 0.15) is 5.75 Å². The predicted molar refractivity (Wildman–Crippen MR) is 102 cm³/mol. The minimum atomic E-state index is -0.261. The van der Waals surface area contributed by atoms with Gasteiger partial charge < -0.3 is 15.0 Å². The van der Waals surface area contributed by atoms with E-state index in [1.54, 1.807) is 41.3 Å². The molecule has 2 amide bonds. The van der Waals surface area contributed by atoms with Gasteiger partial charge in [-0.1, -0.05) is 22.0 Å². The fraction of sp³-hybridized carbons (Fsp3) is 0.263. The highest BCUT2D eigenvalue weighted by molar-refractivity contribution is 9.10. The van der Waals surface area contributed by atoms with Crippen LogP contribution in [0.25, 0.3) is 0 Å². The van der Waals surface area contributed by atoms with Crippen LogP contribution >= 0.6 is 15.9 Å². The number of anilines is 1. The van der Waals surface area contributed by atoms with Gasteiger partial charge in [-0.15, -0.1) is 0 Å². The Bertz CT molecular complexity index is 728.